The molecule has 0 bridgehead atoms. The summed E-state index contributed by atoms with van der Waals surface area (Å²) in [6.07, 6.45) is 2.13. The number of hydrogen-bond donors (Lipinski definition) is 1. The van der Waals surface area contributed by atoms with Gasteiger partial charge in [-0.25, -0.2) is 0 Å². The average Bonchev–Trinajstić information content (AvgIpc) is 2.22. The molecule has 0 aromatic rings. The third kappa shape index (κ3) is 0.689. The van der Waals surface area contributed by atoms with Gasteiger partial charge in [-0.1, -0.05) is 0 Å². The molecule has 3 heteroatoms. The molecule has 2 heterocycles. The highest BCUT2D eigenvalue weighted by Crippen LogP contribution is 2.36. The zero-order chi connectivity index (χ0) is 6.32. The van der Waals surface area contributed by atoms with Gasteiger partial charge in [0.2, 0.25) is 5.91 Å². The molecular weight excluding hydrogens is 118 g/mol. The van der Waals surface area contributed by atoms with E-state index in [4.69, 9.17) is 15.2 Å². The molecule has 0 aromatic heterocycles. The Morgan fingerprint density at radius 2 is 1.78 bits per heavy atom. The summed E-state index contributed by atoms with van der Waals surface area (Å²) in [5.74, 6) is -0.238. The molecule has 0 amide bonds. The summed E-state index contributed by atoms with van der Waals surface area (Å²) >= 11 is 0. The first-order chi connectivity index (χ1) is 4.31. The van der Waals surface area contributed by atoms with Crippen molar-refractivity contribution in [2.75, 3.05) is 13.2 Å². The molecule has 52 valence electrons. The molecule has 3 nitrogen and oxygen atoms in total. The van der Waals surface area contributed by atoms with E-state index in [9.17, 15) is 0 Å². The van der Waals surface area contributed by atoms with Crippen LogP contribution in [0.1, 0.15) is 12.8 Å². The first-order valence-corrected chi connectivity index (χ1v) is 3.38. The molecule has 0 saturated carbocycles. The Morgan fingerprint density at radius 3 is 2.22 bits per heavy atom. The number of nitrogens with two attached hydrogens (primary N) is 1. The van der Waals surface area contributed by atoms with E-state index >= 15 is 0 Å². The third-order valence-electron chi connectivity index (χ3n) is 2.16. The van der Waals surface area contributed by atoms with Gasteiger partial charge in [0, 0.05) is 5.92 Å². The Labute approximate surface area is 54.1 Å². The molecule has 2 fully saturated rings. The van der Waals surface area contributed by atoms with Crippen molar-refractivity contribution in [1.29, 1.82) is 0 Å². The second kappa shape index (κ2) is 1.68. The minimum Gasteiger partial charge on any atom is -0.337 e. The van der Waals surface area contributed by atoms with Gasteiger partial charge in [0.25, 0.3) is 0 Å². The van der Waals surface area contributed by atoms with Crippen LogP contribution in [0.5, 0.6) is 0 Å². The van der Waals surface area contributed by atoms with E-state index in [1.807, 2.05) is 0 Å². The van der Waals surface area contributed by atoms with E-state index < -0.39 is 5.91 Å². The van der Waals surface area contributed by atoms with Gasteiger partial charge in [0.1, 0.15) is 0 Å². The minimum atomic E-state index is -0.694. The second-order valence-electron chi connectivity index (χ2n) is 2.69. The maximum atomic E-state index is 5.72. The normalized spacial score (nSPS) is 49.7. The van der Waals surface area contributed by atoms with Crippen LogP contribution in [-0.4, -0.2) is 19.1 Å². The van der Waals surface area contributed by atoms with Crippen LogP contribution in [0.3, 0.4) is 0 Å². The average molecular weight is 129 g/mol. The van der Waals surface area contributed by atoms with Crippen LogP contribution < -0.4 is 5.73 Å². The summed E-state index contributed by atoms with van der Waals surface area (Å²) in [4.78, 5) is 0. The van der Waals surface area contributed by atoms with Crippen LogP contribution >= 0.6 is 0 Å². The second-order valence-corrected chi connectivity index (χ2v) is 2.69. The minimum absolute atomic E-state index is 0.456. The van der Waals surface area contributed by atoms with E-state index in [2.05, 4.69) is 0 Å². The lowest BCUT2D eigenvalue weighted by atomic mass is 10.0. The highest BCUT2D eigenvalue weighted by molar-refractivity contribution is 4.83. The highest BCUT2D eigenvalue weighted by Gasteiger charge is 2.46. The van der Waals surface area contributed by atoms with Crippen molar-refractivity contribution in [1.82, 2.24) is 0 Å². The zero-order valence-electron chi connectivity index (χ0n) is 5.30. The summed E-state index contributed by atoms with van der Waals surface area (Å²) in [5.41, 5.74) is 5.72. The summed E-state index contributed by atoms with van der Waals surface area (Å²) in [7, 11) is 0. The van der Waals surface area contributed by atoms with Crippen LogP contribution in [0.4, 0.5) is 0 Å². The standard InChI is InChI=1S/C6H11NO2/c7-6-5(1-3-8-6)2-4-9-6/h5H,1-4,7H2. The molecule has 2 aliphatic heterocycles. The van der Waals surface area contributed by atoms with Gasteiger partial charge in [0.15, 0.2) is 0 Å². The summed E-state index contributed by atoms with van der Waals surface area (Å²) in [6.45, 7) is 1.53. The van der Waals surface area contributed by atoms with Crippen LogP contribution in [0.2, 0.25) is 0 Å². The molecule has 2 rings (SSSR count). The number of ether oxygens (including phenoxy) is 2. The van der Waals surface area contributed by atoms with Crippen LogP contribution in [0.15, 0.2) is 0 Å². The molecule has 0 radical (unpaired) electrons. The molecule has 0 unspecified atom stereocenters. The molecule has 2 N–H and O–H groups in total. The molecule has 0 atom stereocenters. The Kier molecular flexibility index (Phi) is 1.06. The topological polar surface area (TPSA) is 44.5 Å². The first kappa shape index (κ1) is 5.65. The van der Waals surface area contributed by atoms with Crippen molar-refractivity contribution in [3.05, 3.63) is 0 Å². The Hall–Kier alpha value is -0.120. The van der Waals surface area contributed by atoms with Crippen LogP contribution in [-0.2, 0) is 9.47 Å². The third-order valence-corrected chi connectivity index (χ3v) is 2.16. The molecule has 0 aromatic carbocycles. The van der Waals surface area contributed by atoms with Crippen molar-refractivity contribution in [3.8, 4) is 0 Å². The fraction of sp³-hybridized carbons (Fsp3) is 1.00. The predicted molar refractivity (Wildman–Crippen MR) is 31.5 cm³/mol. The monoisotopic (exact) mass is 129 g/mol. The first-order valence-electron chi connectivity index (χ1n) is 3.38. The van der Waals surface area contributed by atoms with E-state index in [1.54, 1.807) is 0 Å². The van der Waals surface area contributed by atoms with E-state index in [1.165, 1.54) is 0 Å². The quantitative estimate of drug-likeness (QED) is 0.503. The lowest BCUT2D eigenvalue weighted by Gasteiger charge is -2.20. The lowest BCUT2D eigenvalue weighted by Crippen LogP contribution is -2.43. The van der Waals surface area contributed by atoms with Crippen molar-refractivity contribution in [2.45, 2.75) is 18.8 Å². The van der Waals surface area contributed by atoms with Gasteiger partial charge >= 0.3 is 0 Å². The number of fused-ring (bicyclic) bond motifs is 1. The van der Waals surface area contributed by atoms with E-state index in [-0.39, 0.29) is 0 Å². The van der Waals surface area contributed by atoms with Crippen molar-refractivity contribution >= 4 is 0 Å². The maximum Gasteiger partial charge on any atom is 0.227 e. The smallest absolute Gasteiger partial charge is 0.227 e. The van der Waals surface area contributed by atoms with Crippen LogP contribution in [0.25, 0.3) is 0 Å². The Bertz CT molecular complexity index is 116. The number of rotatable bonds is 0. The van der Waals surface area contributed by atoms with Gasteiger partial charge in [-0.3, -0.25) is 5.73 Å². The molecular formula is C6H11NO2. The predicted octanol–water partition coefficient (Wildman–Crippen LogP) is 0.0557. The van der Waals surface area contributed by atoms with Crippen molar-refractivity contribution < 1.29 is 9.47 Å². The summed E-state index contributed by atoms with van der Waals surface area (Å²) < 4.78 is 10.4. The van der Waals surface area contributed by atoms with E-state index in [0.29, 0.717) is 5.92 Å². The summed E-state index contributed by atoms with van der Waals surface area (Å²) in [6, 6.07) is 0. The van der Waals surface area contributed by atoms with Crippen LogP contribution in [0, 0.1) is 5.92 Å². The van der Waals surface area contributed by atoms with Gasteiger partial charge in [-0.05, 0) is 12.8 Å². The zero-order valence-corrected chi connectivity index (χ0v) is 5.30. The number of hydrogen-bond acceptors (Lipinski definition) is 3. The molecule has 0 spiro atoms. The Morgan fingerprint density at radius 1 is 1.22 bits per heavy atom. The highest BCUT2D eigenvalue weighted by atomic mass is 16.7. The fourth-order valence-corrected chi connectivity index (χ4v) is 1.55. The molecule has 9 heavy (non-hydrogen) atoms. The molecule has 0 aliphatic carbocycles. The van der Waals surface area contributed by atoms with Crippen molar-refractivity contribution in [2.24, 2.45) is 11.7 Å². The Balaban J connectivity index is 2.17. The molecule has 2 aliphatic rings. The fourth-order valence-electron chi connectivity index (χ4n) is 1.55. The van der Waals surface area contributed by atoms with Gasteiger partial charge in [-0.15, -0.1) is 0 Å². The molecule has 2 saturated heterocycles. The van der Waals surface area contributed by atoms with Crippen molar-refractivity contribution in [3.63, 3.8) is 0 Å². The van der Waals surface area contributed by atoms with Gasteiger partial charge < -0.3 is 9.47 Å². The van der Waals surface area contributed by atoms with Gasteiger partial charge in [-0.2, -0.15) is 0 Å². The summed E-state index contributed by atoms with van der Waals surface area (Å²) in [5, 5.41) is 0. The maximum absolute atomic E-state index is 5.72. The largest absolute Gasteiger partial charge is 0.337 e. The van der Waals surface area contributed by atoms with E-state index in [0.717, 1.165) is 26.1 Å². The van der Waals surface area contributed by atoms with Gasteiger partial charge in [0.05, 0.1) is 13.2 Å². The SMILES string of the molecule is NC12OCCC1CCO2. The lowest BCUT2D eigenvalue weighted by molar-refractivity contribution is -0.191.